The fourth-order valence-electron chi connectivity index (χ4n) is 2.78. The molecule has 2 heteroatoms. The molecule has 2 saturated carbocycles. The Morgan fingerprint density at radius 3 is 2.29 bits per heavy atom. The molecule has 1 unspecified atom stereocenters. The van der Waals surface area contributed by atoms with E-state index in [1.54, 1.807) is 0 Å². The average molecular weight is 196 g/mol. The van der Waals surface area contributed by atoms with Crippen LogP contribution in [0, 0.1) is 17.8 Å². The largest absolute Gasteiger partial charge is 0.481 e. The zero-order valence-corrected chi connectivity index (χ0v) is 8.74. The zero-order valence-electron chi connectivity index (χ0n) is 8.74. The van der Waals surface area contributed by atoms with Gasteiger partial charge in [0.15, 0.2) is 0 Å². The maximum atomic E-state index is 11.1. The molecule has 1 N–H and O–H groups in total. The van der Waals surface area contributed by atoms with Crippen LogP contribution in [0.4, 0.5) is 0 Å². The Balaban J connectivity index is 1.82. The summed E-state index contributed by atoms with van der Waals surface area (Å²) >= 11 is 0. The topological polar surface area (TPSA) is 37.3 Å². The molecule has 0 bridgehead atoms. The summed E-state index contributed by atoms with van der Waals surface area (Å²) in [4.78, 5) is 11.1. The van der Waals surface area contributed by atoms with Crippen LogP contribution < -0.4 is 0 Å². The number of carbonyl (C=O) groups is 1. The standard InChI is InChI=1S/C12H20O2/c13-12(14)11(10-6-7-10)8-9-4-2-1-3-5-9/h9-11H,1-8H2,(H,13,14). The van der Waals surface area contributed by atoms with Crippen molar-refractivity contribution in [3.05, 3.63) is 0 Å². The van der Waals surface area contributed by atoms with Crippen molar-refractivity contribution in [3.8, 4) is 0 Å². The van der Waals surface area contributed by atoms with Gasteiger partial charge in [0.2, 0.25) is 0 Å². The van der Waals surface area contributed by atoms with Crippen LogP contribution in [0.3, 0.4) is 0 Å². The quantitative estimate of drug-likeness (QED) is 0.750. The van der Waals surface area contributed by atoms with E-state index in [-0.39, 0.29) is 5.92 Å². The number of carboxylic acids is 1. The Morgan fingerprint density at radius 1 is 1.14 bits per heavy atom. The fraction of sp³-hybridized carbons (Fsp3) is 0.917. The van der Waals surface area contributed by atoms with Crippen molar-refractivity contribution in [1.29, 1.82) is 0 Å². The first-order chi connectivity index (χ1) is 6.77. The van der Waals surface area contributed by atoms with E-state index in [4.69, 9.17) is 5.11 Å². The molecule has 0 radical (unpaired) electrons. The van der Waals surface area contributed by atoms with Crippen LogP contribution in [-0.2, 0) is 4.79 Å². The molecule has 0 aromatic rings. The van der Waals surface area contributed by atoms with E-state index < -0.39 is 5.97 Å². The maximum absolute atomic E-state index is 11.1. The number of hydrogen-bond donors (Lipinski definition) is 1. The van der Waals surface area contributed by atoms with Crippen LogP contribution in [0.5, 0.6) is 0 Å². The molecular weight excluding hydrogens is 176 g/mol. The lowest BCUT2D eigenvalue weighted by Crippen LogP contribution is -2.21. The lowest BCUT2D eigenvalue weighted by molar-refractivity contribution is -0.143. The molecular formula is C12H20O2. The van der Waals surface area contributed by atoms with Gasteiger partial charge in [-0.15, -0.1) is 0 Å². The van der Waals surface area contributed by atoms with Crippen molar-refractivity contribution < 1.29 is 9.90 Å². The van der Waals surface area contributed by atoms with Gasteiger partial charge in [0, 0.05) is 0 Å². The van der Waals surface area contributed by atoms with E-state index in [0.29, 0.717) is 11.8 Å². The summed E-state index contributed by atoms with van der Waals surface area (Å²) in [5, 5.41) is 9.11. The predicted octanol–water partition coefficient (Wildman–Crippen LogP) is 3.07. The monoisotopic (exact) mass is 196 g/mol. The summed E-state index contributed by atoms with van der Waals surface area (Å²) in [6, 6.07) is 0. The first kappa shape index (κ1) is 10.0. The van der Waals surface area contributed by atoms with Gasteiger partial charge in [0.05, 0.1) is 5.92 Å². The van der Waals surface area contributed by atoms with Gasteiger partial charge in [-0.3, -0.25) is 4.79 Å². The van der Waals surface area contributed by atoms with Gasteiger partial charge in [-0.05, 0) is 31.1 Å². The molecule has 0 amide bonds. The summed E-state index contributed by atoms with van der Waals surface area (Å²) in [5.74, 6) is 0.677. The minimum absolute atomic E-state index is 0.0156. The minimum atomic E-state index is -0.543. The van der Waals surface area contributed by atoms with Crippen LogP contribution in [-0.4, -0.2) is 11.1 Å². The van der Waals surface area contributed by atoms with Crippen molar-refractivity contribution in [1.82, 2.24) is 0 Å². The van der Waals surface area contributed by atoms with E-state index in [1.807, 2.05) is 0 Å². The Morgan fingerprint density at radius 2 is 1.79 bits per heavy atom. The van der Waals surface area contributed by atoms with E-state index >= 15 is 0 Å². The van der Waals surface area contributed by atoms with Gasteiger partial charge < -0.3 is 5.11 Å². The second-order valence-electron chi connectivity index (χ2n) is 5.02. The zero-order chi connectivity index (χ0) is 9.97. The summed E-state index contributed by atoms with van der Waals surface area (Å²) in [6.07, 6.45) is 9.82. The number of hydrogen-bond acceptors (Lipinski definition) is 1. The summed E-state index contributed by atoms with van der Waals surface area (Å²) in [5.41, 5.74) is 0. The first-order valence-electron chi connectivity index (χ1n) is 6.00. The van der Waals surface area contributed by atoms with E-state index in [0.717, 1.165) is 19.3 Å². The molecule has 14 heavy (non-hydrogen) atoms. The van der Waals surface area contributed by atoms with Crippen molar-refractivity contribution in [2.45, 2.75) is 51.4 Å². The molecule has 1 atom stereocenters. The highest BCUT2D eigenvalue weighted by Crippen LogP contribution is 2.42. The van der Waals surface area contributed by atoms with Gasteiger partial charge in [0.1, 0.15) is 0 Å². The minimum Gasteiger partial charge on any atom is -0.481 e. The van der Waals surface area contributed by atoms with Crippen molar-refractivity contribution in [2.75, 3.05) is 0 Å². The highest BCUT2D eigenvalue weighted by molar-refractivity contribution is 5.70. The molecule has 80 valence electrons. The lowest BCUT2D eigenvalue weighted by Gasteiger charge is -2.24. The third-order valence-electron chi connectivity index (χ3n) is 3.82. The van der Waals surface area contributed by atoms with Gasteiger partial charge in [-0.2, -0.15) is 0 Å². The third-order valence-corrected chi connectivity index (χ3v) is 3.82. The Labute approximate surface area is 85.7 Å². The molecule has 0 saturated heterocycles. The van der Waals surface area contributed by atoms with Crippen molar-refractivity contribution in [2.24, 2.45) is 17.8 Å². The van der Waals surface area contributed by atoms with Crippen molar-refractivity contribution in [3.63, 3.8) is 0 Å². The maximum Gasteiger partial charge on any atom is 0.306 e. The number of rotatable bonds is 4. The second kappa shape index (κ2) is 4.33. The summed E-state index contributed by atoms with van der Waals surface area (Å²) in [7, 11) is 0. The van der Waals surface area contributed by atoms with Gasteiger partial charge >= 0.3 is 5.97 Å². The van der Waals surface area contributed by atoms with E-state index in [1.165, 1.54) is 32.1 Å². The third kappa shape index (κ3) is 2.49. The molecule has 0 aromatic carbocycles. The predicted molar refractivity (Wildman–Crippen MR) is 55.0 cm³/mol. The highest BCUT2D eigenvalue weighted by atomic mass is 16.4. The second-order valence-corrected chi connectivity index (χ2v) is 5.02. The molecule has 0 aromatic heterocycles. The van der Waals surface area contributed by atoms with E-state index in [9.17, 15) is 4.79 Å². The molecule has 2 aliphatic carbocycles. The summed E-state index contributed by atoms with van der Waals surface area (Å²) < 4.78 is 0. The normalized spacial score (nSPS) is 26.0. The first-order valence-corrected chi connectivity index (χ1v) is 6.00. The number of carboxylic acid groups (broad SMARTS) is 1. The van der Waals surface area contributed by atoms with Gasteiger partial charge in [-0.25, -0.2) is 0 Å². The Kier molecular flexibility index (Phi) is 3.09. The molecule has 2 nitrogen and oxygen atoms in total. The molecule has 2 rings (SSSR count). The van der Waals surface area contributed by atoms with Crippen LogP contribution in [0.1, 0.15) is 51.4 Å². The lowest BCUT2D eigenvalue weighted by atomic mass is 9.81. The molecule has 0 spiro atoms. The molecule has 0 heterocycles. The van der Waals surface area contributed by atoms with Crippen LogP contribution in [0.2, 0.25) is 0 Å². The van der Waals surface area contributed by atoms with Gasteiger partial charge in [-0.1, -0.05) is 32.1 Å². The van der Waals surface area contributed by atoms with Crippen molar-refractivity contribution >= 4 is 5.97 Å². The molecule has 2 fully saturated rings. The van der Waals surface area contributed by atoms with E-state index in [2.05, 4.69) is 0 Å². The molecule has 2 aliphatic rings. The van der Waals surface area contributed by atoms with Crippen LogP contribution in [0.25, 0.3) is 0 Å². The Hall–Kier alpha value is -0.530. The number of aliphatic carboxylic acids is 1. The van der Waals surface area contributed by atoms with Crippen LogP contribution >= 0.6 is 0 Å². The van der Waals surface area contributed by atoms with Crippen LogP contribution in [0.15, 0.2) is 0 Å². The average Bonchev–Trinajstić information content (AvgIpc) is 2.99. The molecule has 0 aliphatic heterocycles. The summed E-state index contributed by atoms with van der Waals surface area (Å²) in [6.45, 7) is 0. The Bertz CT molecular complexity index is 202. The van der Waals surface area contributed by atoms with Gasteiger partial charge in [0.25, 0.3) is 0 Å². The smallest absolute Gasteiger partial charge is 0.306 e. The highest BCUT2D eigenvalue weighted by Gasteiger charge is 2.37. The SMILES string of the molecule is O=C(O)C(CC1CCCCC1)C1CC1. The fourth-order valence-corrected chi connectivity index (χ4v) is 2.78.